The van der Waals surface area contributed by atoms with Gasteiger partial charge in [-0.2, -0.15) is 11.8 Å². The van der Waals surface area contributed by atoms with Gasteiger partial charge in [0.15, 0.2) is 0 Å². The molecule has 0 amide bonds. The molecule has 2 N–H and O–H groups in total. The van der Waals surface area contributed by atoms with Crippen molar-refractivity contribution in [3.05, 3.63) is 29.6 Å². The highest BCUT2D eigenvalue weighted by Crippen LogP contribution is 2.15. The molecule has 4 nitrogen and oxygen atoms in total. The standard InChI is InChI=1S/C14H18FNO3S2/c1-11(7-9-20-2)16-21(18,19)13-6-5-12(4-3-8-17)14(15)10-13/h5-6,10-11,16-17H,7-9H2,1-2H3. The molecular formula is C14H18FNO3S2. The molecule has 0 fully saturated rings. The van der Waals surface area contributed by atoms with Gasteiger partial charge in [-0.25, -0.2) is 17.5 Å². The summed E-state index contributed by atoms with van der Waals surface area (Å²) in [5.74, 6) is 4.85. The fourth-order valence-electron chi connectivity index (χ4n) is 1.59. The average Bonchev–Trinajstić information content (AvgIpc) is 2.43. The Morgan fingerprint density at radius 1 is 1.48 bits per heavy atom. The van der Waals surface area contributed by atoms with Crippen LogP contribution < -0.4 is 4.72 Å². The number of thioether (sulfide) groups is 1. The van der Waals surface area contributed by atoms with E-state index in [2.05, 4.69) is 16.6 Å². The fourth-order valence-corrected chi connectivity index (χ4v) is 3.46. The molecule has 1 aromatic carbocycles. The molecule has 0 saturated heterocycles. The van der Waals surface area contributed by atoms with Crippen LogP contribution in [-0.2, 0) is 10.0 Å². The second-order valence-corrected chi connectivity index (χ2v) is 7.10. The molecule has 7 heteroatoms. The van der Waals surface area contributed by atoms with Crippen LogP contribution in [0.2, 0.25) is 0 Å². The molecule has 21 heavy (non-hydrogen) atoms. The second kappa shape index (κ2) is 8.39. The highest BCUT2D eigenvalue weighted by molar-refractivity contribution is 7.98. The molecule has 0 heterocycles. The summed E-state index contributed by atoms with van der Waals surface area (Å²) in [4.78, 5) is -0.134. The average molecular weight is 331 g/mol. The molecule has 0 aliphatic carbocycles. The van der Waals surface area contributed by atoms with E-state index >= 15 is 0 Å². The molecule has 0 aliphatic heterocycles. The zero-order valence-corrected chi connectivity index (χ0v) is 13.5. The Balaban J connectivity index is 2.91. The molecule has 0 spiro atoms. The van der Waals surface area contributed by atoms with Gasteiger partial charge in [0.25, 0.3) is 0 Å². The summed E-state index contributed by atoms with van der Waals surface area (Å²) in [6, 6.07) is 3.30. The molecule has 0 saturated carbocycles. The number of benzene rings is 1. The van der Waals surface area contributed by atoms with Crippen LogP contribution in [0, 0.1) is 17.7 Å². The first-order valence-electron chi connectivity index (χ1n) is 6.31. The van der Waals surface area contributed by atoms with Crippen LogP contribution in [0.5, 0.6) is 0 Å². The number of rotatable bonds is 6. The normalized spacial score (nSPS) is 12.6. The van der Waals surface area contributed by atoms with Gasteiger partial charge in [-0.3, -0.25) is 0 Å². The van der Waals surface area contributed by atoms with E-state index < -0.39 is 15.8 Å². The molecule has 116 valence electrons. The van der Waals surface area contributed by atoms with Gasteiger partial charge in [-0.15, -0.1) is 0 Å². The van der Waals surface area contributed by atoms with Gasteiger partial charge in [-0.05, 0) is 43.6 Å². The van der Waals surface area contributed by atoms with Crippen molar-refractivity contribution in [1.82, 2.24) is 4.72 Å². The molecule has 0 aliphatic rings. The molecular weight excluding hydrogens is 313 g/mol. The van der Waals surface area contributed by atoms with Crippen molar-refractivity contribution >= 4 is 21.8 Å². The van der Waals surface area contributed by atoms with Crippen molar-refractivity contribution in [3.63, 3.8) is 0 Å². The van der Waals surface area contributed by atoms with Gasteiger partial charge in [0.2, 0.25) is 10.0 Å². The third-order valence-electron chi connectivity index (χ3n) is 2.66. The van der Waals surface area contributed by atoms with Crippen LogP contribution in [0.3, 0.4) is 0 Å². The third kappa shape index (κ3) is 5.67. The van der Waals surface area contributed by atoms with Gasteiger partial charge in [0, 0.05) is 6.04 Å². The zero-order valence-electron chi connectivity index (χ0n) is 11.9. The van der Waals surface area contributed by atoms with E-state index in [1.54, 1.807) is 18.7 Å². The lowest BCUT2D eigenvalue weighted by atomic mass is 10.2. The summed E-state index contributed by atoms with van der Waals surface area (Å²) in [5.41, 5.74) is 0.0541. The topological polar surface area (TPSA) is 66.4 Å². The van der Waals surface area contributed by atoms with Crippen LogP contribution in [-0.4, -0.2) is 38.2 Å². The maximum Gasteiger partial charge on any atom is 0.240 e. The monoisotopic (exact) mass is 331 g/mol. The van der Waals surface area contributed by atoms with Crippen LogP contribution in [0.4, 0.5) is 4.39 Å². The van der Waals surface area contributed by atoms with Crippen molar-refractivity contribution in [2.75, 3.05) is 18.6 Å². The molecule has 1 unspecified atom stereocenters. The van der Waals surface area contributed by atoms with Crippen molar-refractivity contribution in [2.45, 2.75) is 24.3 Å². The highest BCUT2D eigenvalue weighted by Gasteiger charge is 2.18. The highest BCUT2D eigenvalue weighted by atomic mass is 32.2. The molecule has 0 bridgehead atoms. The molecule has 1 aromatic rings. The first-order valence-corrected chi connectivity index (χ1v) is 9.19. The van der Waals surface area contributed by atoms with Gasteiger partial charge >= 0.3 is 0 Å². The van der Waals surface area contributed by atoms with Crippen LogP contribution in [0.1, 0.15) is 18.9 Å². The van der Waals surface area contributed by atoms with E-state index in [-0.39, 0.29) is 23.1 Å². The van der Waals surface area contributed by atoms with Crippen molar-refractivity contribution in [2.24, 2.45) is 0 Å². The lowest BCUT2D eigenvalue weighted by molar-refractivity contribution is 0.350. The van der Waals surface area contributed by atoms with Crippen molar-refractivity contribution < 1.29 is 17.9 Å². The Morgan fingerprint density at radius 2 is 2.19 bits per heavy atom. The van der Waals surface area contributed by atoms with Crippen LogP contribution in [0.15, 0.2) is 23.1 Å². The van der Waals surface area contributed by atoms with Crippen LogP contribution >= 0.6 is 11.8 Å². The molecule has 1 atom stereocenters. The van der Waals surface area contributed by atoms with Gasteiger partial charge in [0.1, 0.15) is 12.4 Å². The minimum atomic E-state index is -3.75. The number of hydrogen-bond donors (Lipinski definition) is 2. The Morgan fingerprint density at radius 3 is 2.76 bits per heavy atom. The quantitative estimate of drug-likeness (QED) is 0.777. The SMILES string of the molecule is CSCCC(C)NS(=O)(=O)c1ccc(C#CCO)c(F)c1. The van der Waals surface area contributed by atoms with Gasteiger partial charge in [-0.1, -0.05) is 11.8 Å². The Kier molecular flexibility index (Phi) is 7.18. The lowest BCUT2D eigenvalue weighted by Gasteiger charge is -2.13. The van der Waals surface area contributed by atoms with E-state index in [1.165, 1.54) is 12.1 Å². The van der Waals surface area contributed by atoms with Gasteiger partial charge < -0.3 is 5.11 Å². The Bertz CT molecular complexity index is 635. The predicted octanol–water partition coefficient (Wildman–Crippen LogP) is 1.59. The number of aliphatic hydroxyl groups is 1. The smallest absolute Gasteiger partial charge is 0.240 e. The minimum absolute atomic E-state index is 0.0541. The van der Waals surface area contributed by atoms with E-state index in [4.69, 9.17) is 5.11 Å². The maximum atomic E-state index is 13.8. The van der Waals surface area contributed by atoms with E-state index in [1.807, 2.05) is 6.26 Å². The zero-order chi connectivity index (χ0) is 15.9. The predicted molar refractivity (Wildman–Crippen MR) is 83.1 cm³/mol. The summed E-state index contributed by atoms with van der Waals surface area (Å²) in [5, 5.41) is 8.57. The van der Waals surface area contributed by atoms with E-state index in [9.17, 15) is 12.8 Å². The van der Waals surface area contributed by atoms with Gasteiger partial charge in [0.05, 0.1) is 10.5 Å². The largest absolute Gasteiger partial charge is 0.384 e. The van der Waals surface area contributed by atoms with E-state index in [0.29, 0.717) is 6.42 Å². The molecule has 0 aromatic heterocycles. The fraction of sp³-hybridized carbons (Fsp3) is 0.429. The summed E-state index contributed by atoms with van der Waals surface area (Å²) >= 11 is 1.63. The van der Waals surface area contributed by atoms with E-state index in [0.717, 1.165) is 11.8 Å². The summed E-state index contributed by atoms with van der Waals surface area (Å²) in [7, 11) is -3.75. The Hall–Kier alpha value is -1.07. The molecule has 0 radical (unpaired) electrons. The lowest BCUT2D eigenvalue weighted by Crippen LogP contribution is -2.33. The first kappa shape index (κ1) is 18.0. The number of nitrogens with one attached hydrogen (secondary N) is 1. The third-order valence-corrected chi connectivity index (χ3v) is 4.90. The Labute approximate surface area is 129 Å². The van der Waals surface area contributed by atoms with Crippen molar-refractivity contribution in [3.8, 4) is 11.8 Å². The first-order chi connectivity index (χ1) is 9.90. The maximum absolute atomic E-state index is 13.8. The molecule has 1 rings (SSSR count). The van der Waals surface area contributed by atoms with Crippen LogP contribution in [0.25, 0.3) is 0 Å². The summed E-state index contributed by atoms with van der Waals surface area (Å²) in [6.07, 6.45) is 2.64. The number of aliphatic hydroxyl groups excluding tert-OH is 1. The second-order valence-electron chi connectivity index (χ2n) is 4.41. The van der Waals surface area contributed by atoms with Crippen molar-refractivity contribution in [1.29, 1.82) is 0 Å². The number of halogens is 1. The minimum Gasteiger partial charge on any atom is -0.384 e. The summed E-state index contributed by atoms with van der Waals surface area (Å²) < 4.78 is 40.5. The number of sulfonamides is 1. The summed E-state index contributed by atoms with van der Waals surface area (Å²) in [6.45, 7) is 1.39. The number of hydrogen-bond acceptors (Lipinski definition) is 4.